The molecule has 0 radical (unpaired) electrons. The maximum absolute atomic E-state index is 5.73. The number of unbranched alkanes of at least 4 members (excludes halogenated alkanes) is 7. The number of hydrogen-bond acceptors (Lipinski definition) is 1. The molecule has 0 atom stereocenters. The Morgan fingerprint density at radius 1 is 0.667 bits per heavy atom. The van der Waals surface area contributed by atoms with Crippen molar-refractivity contribution in [2.75, 3.05) is 32.8 Å². The van der Waals surface area contributed by atoms with Crippen molar-refractivity contribution < 1.29 is 9.22 Å². The van der Waals surface area contributed by atoms with E-state index in [1.165, 1.54) is 82.0 Å². The molecule has 24 heavy (non-hydrogen) atoms. The van der Waals surface area contributed by atoms with Gasteiger partial charge in [0.25, 0.3) is 0 Å². The van der Waals surface area contributed by atoms with E-state index in [9.17, 15) is 0 Å². The highest BCUT2D eigenvalue weighted by molar-refractivity contribution is 5.20. The third-order valence-corrected chi connectivity index (χ3v) is 5.55. The molecular weight excluding hydrogens is 294 g/mol. The summed E-state index contributed by atoms with van der Waals surface area (Å²) in [6.07, 6.45) is 10.9. The second-order valence-electron chi connectivity index (χ2n) is 7.00. The number of quaternary nitrogens is 1. The van der Waals surface area contributed by atoms with Crippen LogP contribution >= 0.6 is 0 Å². The number of para-hydroxylation sites is 1. The van der Waals surface area contributed by atoms with Gasteiger partial charge < -0.3 is 9.22 Å². The molecular formula is C22H40NO+. The lowest BCUT2D eigenvalue weighted by Crippen LogP contribution is -2.48. The van der Waals surface area contributed by atoms with Crippen LogP contribution in [0.5, 0.6) is 5.75 Å². The minimum Gasteiger partial charge on any atom is -0.494 e. The first-order chi connectivity index (χ1) is 11.8. The van der Waals surface area contributed by atoms with Gasteiger partial charge in [-0.15, -0.1) is 0 Å². The molecule has 138 valence electrons. The Morgan fingerprint density at radius 2 is 1.17 bits per heavy atom. The first-order valence-electron chi connectivity index (χ1n) is 10.3. The van der Waals surface area contributed by atoms with Crippen molar-refractivity contribution in [2.45, 2.75) is 72.1 Å². The Bertz CT molecular complexity index is 378. The second-order valence-corrected chi connectivity index (χ2v) is 7.00. The highest BCUT2D eigenvalue weighted by Gasteiger charge is 2.19. The molecule has 0 unspecified atom stereocenters. The molecule has 1 aromatic rings. The summed E-state index contributed by atoms with van der Waals surface area (Å²) in [5, 5.41) is 0. The summed E-state index contributed by atoms with van der Waals surface area (Å²) < 4.78 is 7.03. The molecule has 1 aromatic carbocycles. The summed E-state index contributed by atoms with van der Waals surface area (Å²) >= 11 is 0. The largest absolute Gasteiger partial charge is 0.494 e. The number of nitrogens with zero attached hydrogens (tertiary/aromatic N) is 1. The maximum Gasteiger partial charge on any atom is 0.119 e. The van der Waals surface area contributed by atoms with Crippen LogP contribution in [-0.4, -0.2) is 37.3 Å². The van der Waals surface area contributed by atoms with Crippen molar-refractivity contribution >= 4 is 0 Å². The zero-order valence-corrected chi connectivity index (χ0v) is 16.4. The fourth-order valence-electron chi connectivity index (χ4n) is 3.46. The smallest absolute Gasteiger partial charge is 0.119 e. The van der Waals surface area contributed by atoms with Crippen LogP contribution in [0, 0.1) is 0 Å². The predicted octanol–water partition coefficient (Wildman–Crippen LogP) is 6.06. The van der Waals surface area contributed by atoms with Crippen molar-refractivity contribution in [3.05, 3.63) is 30.3 Å². The normalized spacial score (nSPS) is 11.6. The van der Waals surface area contributed by atoms with E-state index in [4.69, 9.17) is 4.74 Å². The molecule has 0 aliphatic heterocycles. The Labute approximate surface area is 150 Å². The second kappa shape index (κ2) is 13.3. The Morgan fingerprint density at radius 3 is 1.71 bits per heavy atom. The van der Waals surface area contributed by atoms with Crippen LogP contribution in [0.25, 0.3) is 0 Å². The van der Waals surface area contributed by atoms with Crippen molar-refractivity contribution in [2.24, 2.45) is 0 Å². The molecule has 0 bridgehead atoms. The van der Waals surface area contributed by atoms with Gasteiger partial charge in [-0.2, -0.15) is 0 Å². The van der Waals surface area contributed by atoms with Crippen LogP contribution in [0.4, 0.5) is 0 Å². The molecule has 0 saturated heterocycles. The summed E-state index contributed by atoms with van der Waals surface area (Å²) in [6.45, 7) is 13.1. The topological polar surface area (TPSA) is 9.23 Å². The van der Waals surface area contributed by atoms with Crippen LogP contribution in [0.1, 0.15) is 72.1 Å². The van der Waals surface area contributed by atoms with Crippen LogP contribution in [0.3, 0.4) is 0 Å². The first-order valence-corrected chi connectivity index (χ1v) is 10.3. The third kappa shape index (κ3) is 8.73. The molecule has 1 rings (SSSR count). The molecule has 0 spiro atoms. The molecule has 0 aliphatic carbocycles. The quantitative estimate of drug-likeness (QED) is 0.280. The zero-order valence-electron chi connectivity index (χ0n) is 16.4. The van der Waals surface area contributed by atoms with Gasteiger partial charge in [-0.25, -0.2) is 0 Å². The maximum atomic E-state index is 5.73. The minimum absolute atomic E-state index is 0.856. The van der Waals surface area contributed by atoms with Gasteiger partial charge in [-0.05, 0) is 52.2 Å². The minimum atomic E-state index is 0.856. The van der Waals surface area contributed by atoms with E-state index in [-0.39, 0.29) is 0 Å². The first kappa shape index (κ1) is 21.0. The summed E-state index contributed by atoms with van der Waals surface area (Å²) in [5.74, 6) is 0.998. The van der Waals surface area contributed by atoms with Gasteiger partial charge in [0.15, 0.2) is 0 Å². The van der Waals surface area contributed by atoms with Crippen molar-refractivity contribution in [3.63, 3.8) is 0 Å². The molecule has 0 fully saturated rings. The predicted molar refractivity (Wildman–Crippen MR) is 106 cm³/mol. The van der Waals surface area contributed by atoms with Gasteiger partial charge in [0.05, 0.1) is 32.8 Å². The third-order valence-electron chi connectivity index (χ3n) is 5.55. The van der Waals surface area contributed by atoms with Gasteiger partial charge >= 0.3 is 0 Å². The summed E-state index contributed by atoms with van der Waals surface area (Å²) in [6, 6.07) is 10.1. The number of rotatable bonds is 15. The zero-order chi connectivity index (χ0) is 17.5. The Kier molecular flexibility index (Phi) is 11.6. The molecule has 2 heteroatoms. The lowest BCUT2D eigenvalue weighted by atomic mass is 10.1. The summed E-state index contributed by atoms with van der Waals surface area (Å²) in [7, 11) is 0. The summed E-state index contributed by atoms with van der Waals surface area (Å²) in [4.78, 5) is 0. The molecule has 0 aromatic heterocycles. The molecule has 0 saturated carbocycles. The molecule has 0 heterocycles. The monoisotopic (exact) mass is 334 g/mol. The molecule has 0 aliphatic rings. The van der Waals surface area contributed by atoms with Crippen molar-refractivity contribution in [3.8, 4) is 5.75 Å². The van der Waals surface area contributed by atoms with Gasteiger partial charge in [0.1, 0.15) is 5.75 Å². The standard InChI is InChI=1S/C22H40NO/c1-4-23(5-2,6-3)20-16-11-9-7-8-10-12-17-21-24-22-18-14-13-15-19-22/h13-15,18-19H,4-12,16-17,20-21H2,1-3H3/q+1. The van der Waals surface area contributed by atoms with Gasteiger partial charge in [-0.3, -0.25) is 0 Å². The van der Waals surface area contributed by atoms with Crippen LogP contribution < -0.4 is 4.74 Å². The lowest BCUT2D eigenvalue weighted by Gasteiger charge is -2.35. The van der Waals surface area contributed by atoms with Crippen LogP contribution in [-0.2, 0) is 0 Å². The average molecular weight is 335 g/mol. The van der Waals surface area contributed by atoms with Gasteiger partial charge in [0.2, 0.25) is 0 Å². The highest BCUT2D eigenvalue weighted by atomic mass is 16.5. The fourth-order valence-corrected chi connectivity index (χ4v) is 3.46. The Balaban J connectivity index is 1.88. The summed E-state index contributed by atoms with van der Waals surface area (Å²) in [5.41, 5.74) is 0. The fraction of sp³-hybridized carbons (Fsp3) is 0.727. The van der Waals surface area contributed by atoms with Gasteiger partial charge in [-0.1, -0.05) is 50.3 Å². The van der Waals surface area contributed by atoms with E-state index in [0.29, 0.717) is 0 Å². The number of hydrogen-bond donors (Lipinski definition) is 0. The SMILES string of the molecule is CC[N+](CC)(CC)CCCCCCCCCCOc1ccccc1. The lowest BCUT2D eigenvalue weighted by molar-refractivity contribution is -0.923. The molecule has 0 N–H and O–H groups in total. The highest BCUT2D eigenvalue weighted by Crippen LogP contribution is 2.13. The van der Waals surface area contributed by atoms with Gasteiger partial charge in [0, 0.05) is 0 Å². The number of benzene rings is 1. The Hall–Kier alpha value is -1.02. The van der Waals surface area contributed by atoms with Crippen molar-refractivity contribution in [1.82, 2.24) is 0 Å². The number of ether oxygens (including phenoxy) is 1. The average Bonchev–Trinajstić information content (AvgIpc) is 2.64. The van der Waals surface area contributed by atoms with E-state index in [1.54, 1.807) is 0 Å². The van der Waals surface area contributed by atoms with Crippen molar-refractivity contribution in [1.29, 1.82) is 0 Å². The molecule has 0 amide bonds. The van der Waals surface area contributed by atoms with E-state index in [2.05, 4.69) is 20.8 Å². The molecule has 2 nitrogen and oxygen atoms in total. The van der Waals surface area contributed by atoms with E-state index < -0.39 is 0 Å². The van der Waals surface area contributed by atoms with E-state index >= 15 is 0 Å². The van der Waals surface area contributed by atoms with E-state index in [1.807, 2.05) is 30.3 Å². The van der Waals surface area contributed by atoms with E-state index in [0.717, 1.165) is 12.4 Å². The van der Waals surface area contributed by atoms with Crippen LogP contribution in [0.15, 0.2) is 30.3 Å². The van der Waals surface area contributed by atoms with Crippen LogP contribution in [0.2, 0.25) is 0 Å².